The van der Waals surface area contributed by atoms with E-state index in [1.807, 2.05) is 36.4 Å². The van der Waals surface area contributed by atoms with Gasteiger partial charge in [0.1, 0.15) is 11.8 Å². The Morgan fingerprint density at radius 1 is 1.17 bits per heavy atom. The summed E-state index contributed by atoms with van der Waals surface area (Å²) < 4.78 is 6.19. The lowest BCUT2D eigenvalue weighted by molar-refractivity contribution is -0.686. The minimum Gasteiger partial charge on any atom is -0.497 e. The van der Waals surface area contributed by atoms with Crippen LogP contribution in [0.5, 0.6) is 5.75 Å². The van der Waals surface area contributed by atoms with Crippen LogP contribution in [-0.4, -0.2) is 19.6 Å². The van der Waals surface area contributed by atoms with E-state index in [4.69, 9.17) is 4.74 Å². The van der Waals surface area contributed by atoms with Crippen LogP contribution in [0.2, 0.25) is 0 Å². The molecule has 0 aromatic heterocycles. The van der Waals surface area contributed by atoms with Crippen molar-refractivity contribution in [1.29, 1.82) is 0 Å². The zero-order valence-corrected chi connectivity index (χ0v) is 15.7. The summed E-state index contributed by atoms with van der Waals surface area (Å²) in [6.07, 6.45) is 0.980. The van der Waals surface area contributed by atoms with Crippen molar-refractivity contribution in [2.24, 2.45) is 0 Å². The first-order chi connectivity index (χ1) is 11.6. The molecule has 0 unspecified atom stereocenters. The van der Waals surface area contributed by atoms with Crippen molar-refractivity contribution in [1.82, 2.24) is 5.32 Å². The molecule has 24 heavy (non-hydrogen) atoms. The van der Waals surface area contributed by atoms with Gasteiger partial charge < -0.3 is 15.4 Å². The van der Waals surface area contributed by atoms with Crippen LogP contribution in [-0.2, 0) is 11.3 Å². The fourth-order valence-corrected chi connectivity index (χ4v) is 2.78. The molecule has 0 saturated heterocycles. The summed E-state index contributed by atoms with van der Waals surface area (Å²) in [5, 5.41) is 5.05. The summed E-state index contributed by atoms with van der Waals surface area (Å²) in [6.45, 7) is 3.09. The summed E-state index contributed by atoms with van der Waals surface area (Å²) in [7, 11) is 1.64. The lowest BCUT2D eigenvalue weighted by atomic mass is 10.0. The number of amides is 1. The van der Waals surface area contributed by atoms with Crippen LogP contribution in [0.1, 0.15) is 30.5 Å². The predicted molar refractivity (Wildman–Crippen MR) is 98.8 cm³/mol. The number of quaternary nitrogens is 1. The molecule has 5 heteroatoms. The third kappa shape index (κ3) is 5.65. The molecule has 0 spiro atoms. The molecule has 0 radical (unpaired) electrons. The van der Waals surface area contributed by atoms with Crippen LogP contribution in [0.15, 0.2) is 53.0 Å². The van der Waals surface area contributed by atoms with Crippen molar-refractivity contribution in [3.8, 4) is 5.75 Å². The molecule has 2 aromatic rings. The van der Waals surface area contributed by atoms with Crippen molar-refractivity contribution in [2.45, 2.75) is 25.9 Å². The lowest BCUT2D eigenvalue weighted by Crippen LogP contribution is -2.87. The van der Waals surface area contributed by atoms with Crippen LogP contribution in [0, 0.1) is 0 Å². The number of carbonyl (C=O) groups excluding carboxylic acids is 1. The molecule has 0 aliphatic heterocycles. The standard InChI is InChI=1S/C19H23BrN2O2/c1-3-18(15-6-8-16(20)9-7-15)21-13-19(23)22-12-14-4-10-17(24-2)11-5-14/h4-11,18,21H,3,12-13H2,1-2H3,(H,22,23)/p+1/t18-/m1/s1. The molecule has 0 fully saturated rings. The van der Waals surface area contributed by atoms with E-state index >= 15 is 0 Å². The minimum absolute atomic E-state index is 0.0429. The van der Waals surface area contributed by atoms with E-state index in [2.05, 4.69) is 45.6 Å². The normalized spacial score (nSPS) is 11.8. The van der Waals surface area contributed by atoms with Crippen LogP contribution in [0.4, 0.5) is 0 Å². The predicted octanol–water partition coefficient (Wildman–Crippen LogP) is 2.79. The number of rotatable bonds is 8. The van der Waals surface area contributed by atoms with Crippen molar-refractivity contribution < 1.29 is 14.8 Å². The summed E-state index contributed by atoms with van der Waals surface area (Å²) in [4.78, 5) is 12.1. The average Bonchev–Trinajstić information content (AvgIpc) is 2.62. The smallest absolute Gasteiger partial charge is 0.275 e. The molecule has 0 saturated carbocycles. The van der Waals surface area contributed by atoms with E-state index in [1.54, 1.807) is 7.11 Å². The third-order valence-corrected chi connectivity index (χ3v) is 4.50. The Morgan fingerprint density at radius 3 is 2.42 bits per heavy atom. The van der Waals surface area contributed by atoms with Gasteiger partial charge in [-0.25, -0.2) is 0 Å². The Labute approximate surface area is 151 Å². The third-order valence-electron chi connectivity index (χ3n) is 3.97. The zero-order chi connectivity index (χ0) is 17.4. The van der Waals surface area contributed by atoms with Crippen LogP contribution >= 0.6 is 15.9 Å². The summed E-state index contributed by atoms with van der Waals surface area (Å²) in [6, 6.07) is 16.3. The van der Waals surface area contributed by atoms with E-state index in [1.165, 1.54) is 5.56 Å². The first-order valence-electron chi connectivity index (χ1n) is 8.10. The molecular formula is C19H24BrN2O2+. The SMILES string of the molecule is CC[C@@H]([NH2+]CC(=O)NCc1ccc(OC)cc1)c1ccc(Br)cc1. The van der Waals surface area contributed by atoms with Gasteiger partial charge in [0, 0.05) is 23.0 Å². The number of hydrogen-bond acceptors (Lipinski definition) is 2. The van der Waals surface area contributed by atoms with Gasteiger partial charge in [0.2, 0.25) is 0 Å². The molecule has 0 aliphatic carbocycles. The number of carbonyl (C=O) groups is 1. The first kappa shape index (κ1) is 18.5. The Bertz CT molecular complexity index is 641. The van der Waals surface area contributed by atoms with Gasteiger partial charge in [0.15, 0.2) is 6.54 Å². The van der Waals surface area contributed by atoms with Crippen LogP contribution < -0.4 is 15.4 Å². The van der Waals surface area contributed by atoms with Crippen molar-refractivity contribution in [3.05, 3.63) is 64.1 Å². The number of halogens is 1. The maximum absolute atomic E-state index is 12.1. The van der Waals surface area contributed by atoms with Gasteiger partial charge in [-0.05, 0) is 29.8 Å². The van der Waals surface area contributed by atoms with Crippen LogP contribution in [0.25, 0.3) is 0 Å². The van der Waals surface area contributed by atoms with Gasteiger partial charge in [-0.15, -0.1) is 0 Å². The van der Waals surface area contributed by atoms with Gasteiger partial charge in [0.25, 0.3) is 5.91 Å². The molecule has 0 aliphatic rings. The molecule has 0 bridgehead atoms. The second-order valence-electron chi connectivity index (χ2n) is 5.63. The number of nitrogens with two attached hydrogens (primary N) is 1. The minimum atomic E-state index is 0.0429. The number of hydrogen-bond donors (Lipinski definition) is 2. The van der Waals surface area contributed by atoms with Gasteiger partial charge in [0.05, 0.1) is 7.11 Å². The highest BCUT2D eigenvalue weighted by Crippen LogP contribution is 2.16. The molecule has 1 amide bonds. The largest absolute Gasteiger partial charge is 0.497 e. The topological polar surface area (TPSA) is 54.9 Å². The van der Waals surface area contributed by atoms with E-state index in [0.717, 1.165) is 22.2 Å². The van der Waals surface area contributed by atoms with Gasteiger partial charge in [-0.2, -0.15) is 0 Å². The maximum Gasteiger partial charge on any atom is 0.275 e. The summed E-state index contributed by atoms with van der Waals surface area (Å²) >= 11 is 3.45. The number of methoxy groups -OCH3 is 1. The first-order valence-corrected chi connectivity index (χ1v) is 8.90. The van der Waals surface area contributed by atoms with E-state index in [9.17, 15) is 4.79 Å². The molecule has 2 aromatic carbocycles. The summed E-state index contributed by atoms with van der Waals surface area (Å²) in [5.41, 5.74) is 2.30. The average molecular weight is 392 g/mol. The maximum atomic E-state index is 12.1. The van der Waals surface area contributed by atoms with E-state index < -0.39 is 0 Å². The molecule has 1 atom stereocenters. The highest BCUT2D eigenvalue weighted by Gasteiger charge is 2.14. The highest BCUT2D eigenvalue weighted by atomic mass is 79.9. The molecule has 3 N–H and O–H groups in total. The highest BCUT2D eigenvalue weighted by molar-refractivity contribution is 9.10. The van der Waals surface area contributed by atoms with Crippen molar-refractivity contribution in [3.63, 3.8) is 0 Å². The molecule has 128 valence electrons. The lowest BCUT2D eigenvalue weighted by Gasteiger charge is -2.14. The van der Waals surface area contributed by atoms with Crippen LogP contribution in [0.3, 0.4) is 0 Å². The molecular weight excluding hydrogens is 368 g/mol. The Kier molecular flexibility index (Phi) is 7.28. The van der Waals surface area contributed by atoms with Gasteiger partial charge in [-0.1, -0.05) is 47.1 Å². The number of ether oxygens (including phenoxy) is 1. The summed E-state index contributed by atoms with van der Waals surface area (Å²) in [5.74, 6) is 0.861. The second kappa shape index (κ2) is 9.45. The monoisotopic (exact) mass is 391 g/mol. The quantitative estimate of drug-likeness (QED) is 0.726. The fraction of sp³-hybridized carbons (Fsp3) is 0.316. The molecule has 2 rings (SSSR count). The second-order valence-corrected chi connectivity index (χ2v) is 6.55. The Morgan fingerprint density at radius 2 is 1.83 bits per heavy atom. The fourth-order valence-electron chi connectivity index (χ4n) is 2.51. The number of nitrogens with one attached hydrogen (secondary N) is 1. The zero-order valence-electron chi connectivity index (χ0n) is 14.1. The Balaban J connectivity index is 1.79. The van der Waals surface area contributed by atoms with Crippen molar-refractivity contribution in [2.75, 3.05) is 13.7 Å². The Hall–Kier alpha value is -1.85. The molecule has 0 heterocycles. The van der Waals surface area contributed by atoms with Crippen molar-refractivity contribution >= 4 is 21.8 Å². The molecule has 4 nitrogen and oxygen atoms in total. The van der Waals surface area contributed by atoms with Gasteiger partial charge in [-0.3, -0.25) is 4.79 Å². The van der Waals surface area contributed by atoms with E-state index in [0.29, 0.717) is 19.1 Å². The number of benzene rings is 2. The van der Waals surface area contributed by atoms with E-state index in [-0.39, 0.29) is 5.91 Å². The van der Waals surface area contributed by atoms with Gasteiger partial charge >= 0.3 is 0 Å².